The Morgan fingerprint density at radius 3 is 1.22 bits per heavy atom. The molecule has 0 aliphatic heterocycles. The van der Waals surface area contributed by atoms with Crippen LogP contribution in [0.25, 0.3) is 0 Å². The Labute approximate surface area is 201 Å². The first-order valence-electron chi connectivity index (χ1n) is 9.72. The molecule has 0 saturated heterocycles. The van der Waals surface area contributed by atoms with Gasteiger partial charge in [0.25, 0.3) is 0 Å². The number of rotatable bonds is 6. The van der Waals surface area contributed by atoms with Gasteiger partial charge in [-0.1, -0.05) is 81.1 Å². The molecule has 0 atom stereocenters. The second kappa shape index (κ2) is 14.4. The fourth-order valence-corrected chi connectivity index (χ4v) is 3.58. The maximum atomic E-state index is 3.46. The predicted molar refractivity (Wildman–Crippen MR) is 108 cm³/mol. The molecular weight excluding hydrogens is 450 g/mol. The molecule has 152 valence electrons. The summed E-state index contributed by atoms with van der Waals surface area (Å²) in [6, 6.07) is 0. The van der Waals surface area contributed by atoms with E-state index in [4.69, 9.17) is 0 Å². The summed E-state index contributed by atoms with van der Waals surface area (Å²) >= 11 is 0. The zero-order valence-corrected chi connectivity index (χ0v) is 22.6. The Balaban J connectivity index is -0.000000384. The molecule has 2 aliphatic carbocycles. The Kier molecular flexibility index (Phi) is 17.1. The average molecular weight is 489 g/mol. The minimum atomic E-state index is 0. The molecule has 0 N–H and O–H groups in total. The van der Waals surface area contributed by atoms with E-state index in [1.165, 1.54) is 48.0 Å². The minimum absolute atomic E-state index is 0. The molecule has 0 radical (unpaired) electrons. The van der Waals surface area contributed by atoms with Crippen molar-refractivity contribution in [3.8, 4) is 0 Å². The summed E-state index contributed by atoms with van der Waals surface area (Å²) in [5.41, 5.74) is 6.28. The second-order valence-corrected chi connectivity index (χ2v) is 8.72. The molecule has 2 aliphatic rings. The van der Waals surface area contributed by atoms with E-state index in [1.807, 2.05) is 0 Å². The zero-order valence-electron chi connectivity index (χ0n) is 18.7. The molecule has 27 heavy (non-hydrogen) atoms. The molecule has 0 aromatic rings. The Hall–Kier alpha value is 0.423. The van der Waals surface area contributed by atoms with Crippen LogP contribution in [0.15, 0.2) is 34.4 Å². The van der Waals surface area contributed by atoms with Crippen LogP contribution in [0.5, 0.6) is 0 Å². The standard InChI is InChI=1S/2C12H19.2ClH.Zr/c2*1-5-8-12(3,4)11-7-6-10(2)9-11;;;/h2*7H,5-6,8H2,1-4H3;2*1H;/q2*-1;;;+4/p-2. The molecule has 0 amide bonds. The van der Waals surface area contributed by atoms with Crippen molar-refractivity contribution in [2.45, 2.75) is 93.9 Å². The summed E-state index contributed by atoms with van der Waals surface area (Å²) in [6.07, 6.45) is 18.8. The van der Waals surface area contributed by atoms with Gasteiger partial charge < -0.3 is 24.8 Å². The van der Waals surface area contributed by atoms with Crippen molar-refractivity contribution in [2.24, 2.45) is 10.8 Å². The molecule has 0 aromatic heterocycles. The van der Waals surface area contributed by atoms with Crippen LogP contribution in [0.2, 0.25) is 0 Å². The third-order valence-electron chi connectivity index (χ3n) is 5.13. The van der Waals surface area contributed by atoms with E-state index >= 15 is 0 Å². The molecule has 0 aromatic carbocycles. The summed E-state index contributed by atoms with van der Waals surface area (Å²) in [6.45, 7) is 18.1. The van der Waals surface area contributed by atoms with Crippen molar-refractivity contribution in [3.05, 3.63) is 46.6 Å². The number of allylic oxidation sites excluding steroid dienone is 8. The molecule has 0 spiro atoms. The maximum absolute atomic E-state index is 3.46. The zero-order chi connectivity index (χ0) is 18.4. The third kappa shape index (κ3) is 10.7. The van der Waals surface area contributed by atoms with Gasteiger partial charge in [0.1, 0.15) is 0 Å². The van der Waals surface area contributed by atoms with E-state index in [2.05, 4.69) is 79.7 Å². The van der Waals surface area contributed by atoms with Crippen molar-refractivity contribution < 1.29 is 51.0 Å². The van der Waals surface area contributed by atoms with Gasteiger partial charge in [-0.05, 0) is 23.7 Å². The van der Waals surface area contributed by atoms with Gasteiger partial charge in [-0.15, -0.1) is 0 Å². The van der Waals surface area contributed by atoms with Crippen LogP contribution in [-0.4, -0.2) is 0 Å². The SMILES string of the molecule is CCCC(C)(C)C1=CCC(C)=[C-]1.CCCC(C)(C)C1=CCC(C)=[C-]1.[Cl-].[Cl-].[Zr+4]. The Morgan fingerprint density at radius 2 is 1.04 bits per heavy atom. The van der Waals surface area contributed by atoms with E-state index in [0.717, 1.165) is 12.8 Å². The molecule has 0 fully saturated rings. The summed E-state index contributed by atoms with van der Waals surface area (Å²) in [5, 5.41) is 0. The fraction of sp³-hybridized carbons (Fsp3) is 0.667. The summed E-state index contributed by atoms with van der Waals surface area (Å²) in [5.74, 6) is 0. The van der Waals surface area contributed by atoms with Crippen LogP contribution in [0.4, 0.5) is 0 Å². The van der Waals surface area contributed by atoms with Gasteiger partial charge in [0, 0.05) is 0 Å². The van der Waals surface area contributed by atoms with Gasteiger partial charge in [0.05, 0.1) is 0 Å². The molecule has 0 unspecified atom stereocenters. The van der Waals surface area contributed by atoms with Gasteiger partial charge in [-0.2, -0.15) is 11.1 Å². The smallest absolute Gasteiger partial charge is 1.00 e. The second-order valence-electron chi connectivity index (χ2n) is 8.72. The number of halogens is 2. The molecule has 0 saturated carbocycles. The third-order valence-corrected chi connectivity index (χ3v) is 5.13. The van der Waals surface area contributed by atoms with Gasteiger partial charge in [-0.3, -0.25) is 0 Å². The Morgan fingerprint density at radius 1 is 0.741 bits per heavy atom. The summed E-state index contributed by atoms with van der Waals surface area (Å²) in [7, 11) is 0. The predicted octanol–water partition coefficient (Wildman–Crippen LogP) is 1.79. The molecule has 0 bridgehead atoms. The van der Waals surface area contributed by atoms with E-state index in [0.29, 0.717) is 10.8 Å². The number of hydrogen-bond acceptors (Lipinski definition) is 0. The van der Waals surface area contributed by atoms with Gasteiger partial charge >= 0.3 is 26.2 Å². The first-order chi connectivity index (χ1) is 11.1. The first kappa shape index (κ1) is 32.1. The van der Waals surface area contributed by atoms with Crippen molar-refractivity contribution in [2.75, 3.05) is 0 Å². The molecule has 2 rings (SSSR count). The summed E-state index contributed by atoms with van der Waals surface area (Å²) < 4.78 is 0. The van der Waals surface area contributed by atoms with Crippen LogP contribution in [-0.2, 0) is 26.2 Å². The van der Waals surface area contributed by atoms with Crippen molar-refractivity contribution in [1.82, 2.24) is 0 Å². The monoisotopic (exact) mass is 486 g/mol. The molecule has 0 heterocycles. The normalized spacial score (nSPS) is 15.7. The van der Waals surface area contributed by atoms with E-state index < -0.39 is 0 Å². The molecular formula is C24H38Cl2Zr. The van der Waals surface area contributed by atoms with Gasteiger partial charge in [0.15, 0.2) is 0 Å². The minimum Gasteiger partial charge on any atom is -1.00 e. The van der Waals surface area contributed by atoms with Crippen molar-refractivity contribution in [1.29, 1.82) is 0 Å². The van der Waals surface area contributed by atoms with Crippen LogP contribution >= 0.6 is 0 Å². The Bertz CT molecular complexity index is 499. The fourth-order valence-electron chi connectivity index (χ4n) is 3.58. The first-order valence-corrected chi connectivity index (χ1v) is 9.72. The largest absolute Gasteiger partial charge is 4.00 e. The number of hydrogen-bond donors (Lipinski definition) is 0. The average Bonchev–Trinajstić information content (AvgIpc) is 3.09. The topological polar surface area (TPSA) is 0 Å². The quantitative estimate of drug-likeness (QED) is 0.500. The van der Waals surface area contributed by atoms with E-state index in [-0.39, 0.29) is 51.0 Å². The van der Waals surface area contributed by atoms with Crippen LogP contribution in [0, 0.1) is 23.0 Å². The maximum Gasteiger partial charge on any atom is 4.00 e. The summed E-state index contributed by atoms with van der Waals surface area (Å²) in [4.78, 5) is 0. The van der Waals surface area contributed by atoms with Crippen molar-refractivity contribution >= 4 is 0 Å². The van der Waals surface area contributed by atoms with Crippen LogP contribution in [0.3, 0.4) is 0 Å². The van der Waals surface area contributed by atoms with Crippen molar-refractivity contribution in [3.63, 3.8) is 0 Å². The van der Waals surface area contributed by atoms with Gasteiger partial charge in [0.2, 0.25) is 0 Å². The molecule has 3 heteroatoms. The van der Waals surface area contributed by atoms with Crippen LogP contribution in [0.1, 0.15) is 93.9 Å². The van der Waals surface area contributed by atoms with Gasteiger partial charge in [-0.25, -0.2) is 35.5 Å². The molecule has 0 nitrogen and oxygen atoms in total. The van der Waals surface area contributed by atoms with E-state index in [1.54, 1.807) is 0 Å². The van der Waals surface area contributed by atoms with Crippen LogP contribution < -0.4 is 24.8 Å². The van der Waals surface area contributed by atoms with E-state index in [9.17, 15) is 0 Å².